The molecular formula is C23H33N9O. The monoisotopic (exact) mass is 451 g/mol. The van der Waals surface area contributed by atoms with Gasteiger partial charge in [-0.25, -0.2) is 9.97 Å². The maximum atomic E-state index is 5.46. The summed E-state index contributed by atoms with van der Waals surface area (Å²) < 4.78 is 7.58. The zero-order chi connectivity index (χ0) is 22.6. The van der Waals surface area contributed by atoms with Crippen molar-refractivity contribution < 1.29 is 4.74 Å². The number of nitrogens with one attached hydrogen (secondary N) is 1. The van der Waals surface area contributed by atoms with Gasteiger partial charge >= 0.3 is 0 Å². The lowest BCUT2D eigenvalue weighted by Crippen LogP contribution is -2.47. The number of ether oxygens (including phenoxy) is 1. The van der Waals surface area contributed by atoms with Crippen LogP contribution in [0, 0.1) is 0 Å². The molecule has 2 fully saturated rings. The van der Waals surface area contributed by atoms with E-state index < -0.39 is 0 Å². The quantitative estimate of drug-likeness (QED) is 0.578. The molecule has 10 nitrogen and oxygen atoms in total. The molecule has 0 bridgehead atoms. The molecule has 10 heteroatoms. The Kier molecular flexibility index (Phi) is 6.54. The summed E-state index contributed by atoms with van der Waals surface area (Å²) in [6, 6.07) is 6.33. The molecule has 5 rings (SSSR count). The van der Waals surface area contributed by atoms with Gasteiger partial charge in [-0.3, -0.25) is 4.90 Å². The van der Waals surface area contributed by atoms with Crippen LogP contribution in [0.15, 0.2) is 30.7 Å². The van der Waals surface area contributed by atoms with E-state index in [9.17, 15) is 0 Å². The topological polar surface area (TPSA) is 87.5 Å². The zero-order valence-corrected chi connectivity index (χ0v) is 19.5. The van der Waals surface area contributed by atoms with Gasteiger partial charge in [-0.15, -0.1) is 0 Å². The van der Waals surface area contributed by atoms with Gasteiger partial charge in [0.25, 0.3) is 0 Å². The highest BCUT2D eigenvalue weighted by molar-refractivity contribution is 5.84. The van der Waals surface area contributed by atoms with Gasteiger partial charge in [0, 0.05) is 64.6 Å². The molecule has 176 valence electrons. The maximum absolute atomic E-state index is 5.46. The lowest BCUT2D eigenvalue weighted by molar-refractivity contribution is 0.0398. The summed E-state index contributed by atoms with van der Waals surface area (Å²) in [5, 5.41) is 3.54. The third kappa shape index (κ3) is 4.86. The Labute approximate surface area is 194 Å². The van der Waals surface area contributed by atoms with Crippen molar-refractivity contribution in [3.63, 3.8) is 0 Å². The van der Waals surface area contributed by atoms with Crippen LogP contribution < -0.4 is 15.1 Å². The minimum absolute atomic E-state index is 0.278. The van der Waals surface area contributed by atoms with Crippen LogP contribution >= 0.6 is 0 Å². The summed E-state index contributed by atoms with van der Waals surface area (Å²) in [6.07, 6.45) is 3.72. The normalized spacial score (nSPS) is 17.8. The summed E-state index contributed by atoms with van der Waals surface area (Å²) in [5.74, 6) is 2.60. The molecule has 0 aliphatic carbocycles. The second kappa shape index (κ2) is 9.88. The van der Waals surface area contributed by atoms with E-state index in [0.29, 0.717) is 0 Å². The number of hydrogen-bond acceptors (Lipinski definition) is 9. The molecule has 0 aromatic carbocycles. The highest BCUT2D eigenvalue weighted by Crippen LogP contribution is 2.25. The first-order valence-corrected chi connectivity index (χ1v) is 11.9. The van der Waals surface area contributed by atoms with Crippen LogP contribution in [0.2, 0.25) is 0 Å². The van der Waals surface area contributed by atoms with Crippen molar-refractivity contribution in [3.8, 4) is 0 Å². The van der Waals surface area contributed by atoms with Crippen LogP contribution in [0.5, 0.6) is 0 Å². The van der Waals surface area contributed by atoms with Gasteiger partial charge in [0.2, 0.25) is 5.95 Å². The van der Waals surface area contributed by atoms with Crippen LogP contribution in [0.25, 0.3) is 11.2 Å². The van der Waals surface area contributed by atoms with E-state index in [1.807, 2.05) is 24.7 Å². The number of imidazole rings is 1. The molecule has 5 heterocycles. The van der Waals surface area contributed by atoms with Crippen molar-refractivity contribution in [2.75, 3.05) is 80.7 Å². The molecule has 3 aromatic heterocycles. The number of fused-ring (bicyclic) bond motifs is 1. The van der Waals surface area contributed by atoms with E-state index in [-0.39, 0.29) is 6.04 Å². The Morgan fingerprint density at radius 1 is 0.970 bits per heavy atom. The number of piperazine rings is 1. The fourth-order valence-corrected chi connectivity index (χ4v) is 4.38. The highest BCUT2D eigenvalue weighted by Gasteiger charge is 2.23. The van der Waals surface area contributed by atoms with Crippen LogP contribution in [0.4, 0.5) is 17.6 Å². The van der Waals surface area contributed by atoms with Gasteiger partial charge in [0.05, 0.1) is 19.5 Å². The average molecular weight is 452 g/mol. The summed E-state index contributed by atoms with van der Waals surface area (Å²) >= 11 is 0. The van der Waals surface area contributed by atoms with Gasteiger partial charge in [-0.1, -0.05) is 6.07 Å². The first-order valence-electron chi connectivity index (χ1n) is 11.9. The van der Waals surface area contributed by atoms with Crippen molar-refractivity contribution in [1.29, 1.82) is 0 Å². The first-order chi connectivity index (χ1) is 16.2. The third-order valence-electron chi connectivity index (χ3n) is 6.33. The van der Waals surface area contributed by atoms with Gasteiger partial charge in [0.1, 0.15) is 5.82 Å². The average Bonchev–Trinajstić information content (AvgIpc) is 3.30. The smallest absolute Gasteiger partial charge is 0.229 e. The molecule has 2 aliphatic rings. The third-order valence-corrected chi connectivity index (χ3v) is 6.33. The first kappa shape index (κ1) is 21.8. The fourth-order valence-electron chi connectivity index (χ4n) is 4.38. The molecule has 0 saturated carbocycles. The fraction of sp³-hybridized carbons (Fsp3) is 0.565. The van der Waals surface area contributed by atoms with E-state index in [1.54, 1.807) is 0 Å². The van der Waals surface area contributed by atoms with Crippen LogP contribution in [-0.2, 0) is 4.74 Å². The zero-order valence-electron chi connectivity index (χ0n) is 19.5. The summed E-state index contributed by atoms with van der Waals surface area (Å²) in [5.41, 5.74) is 1.72. The lowest BCUT2D eigenvalue weighted by Gasteiger charge is -2.35. The molecule has 0 atom stereocenters. The van der Waals surface area contributed by atoms with Crippen molar-refractivity contribution in [1.82, 2.24) is 29.4 Å². The van der Waals surface area contributed by atoms with E-state index >= 15 is 0 Å². The summed E-state index contributed by atoms with van der Waals surface area (Å²) in [6.45, 7) is 13.1. The van der Waals surface area contributed by atoms with E-state index in [1.165, 1.54) is 0 Å². The van der Waals surface area contributed by atoms with E-state index in [4.69, 9.17) is 14.7 Å². The predicted molar refractivity (Wildman–Crippen MR) is 130 cm³/mol. The van der Waals surface area contributed by atoms with E-state index in [2.05, 4.69) is 54.5 Å². The standard InChI is InChI=1S/C23H33N9O/c1-18(2)32-17-26-20-21(25-7-8-29-13-15-33-16-14-29)27-23(28-22(20)32)31-11-9-30(10-12-31)19-5-3-4-6-24-19/h3-6,17-18H,7-16H2,1-2H3,(H,25,27,28). The minimum Gasteiger partial charge on any atom is -0.379 e. The molecule has 0 spiro atoms. The minimum atomic E-state index is 0.278. The molecule has 1 N–H and O–H groups in total. The van der Waals surface area contributed by atoms with Crippen molar-refractivity contribution >= 4 is 28.7 Å². The number of hydrogen-bond donors (Lipinski definition) is 1. The van der Waals surface area contributed by atoms with Crippen molar-refractivity contribution in [2.24, 2.45) is 0 Å². The Hall–Kier alpha value is -2.98. The van der Waals surface area contributed by atoms with Crippen LogP contribution in [0.3, 0.4) is 0 Å². The number of aromatic nitrogens is 5. The second-order valence-electron chi connectivity index (χ2n) is 8.83. The molecule has 0 unspecified atom stereocenters. The van der Waals surface area contributed by atoms with Crippen molar-refractivity contribution in [2.45, 2.75) is 19.9 Å². The van der Waals surface area contributed by atoms with Crippen LogP contribution in [0.1, 0.15) is 19.9 Å². The number of nitrogens with zero attached hydrogens (tertiary/aromatic N) is 8. The number of rotatable bonds is 7. The number of morpholine rings is 1. The highest BCUT2D eigenvalue weighted by atomic mass is 16.5. The van der Waals surface area contributed by atoms with Gasteiger partial charge in [0.15, 0.2) is 17.0 Å². The molecule has 0 amide bonds. The Morgan fingerprint density at radius 3 is 2.48 bits per heavy atom. The van der Waals surface area contributed by atoms with E-state index in [0.717, 1.165) is 94.3 Å². The molecule has 0 radical (unpaired) electrons. The van der Waals surface area contributed by atoms with Gasteiger partial charge < -0.3 is 24.4 Å². The van der Waals surface area contributed by atoms with Crippen molar-refractivity contribution in [3.05, 3.63) is 30.7 Å². The molecule has 2 saturated heterocycles. The maximum Gasteiger partial charge on any atom is 0.229 e. The Morgan fingerprint density at radius 2 is 1.76 bits per heavy atom. The Balaban J connectivity index is 1.34. The van der Waals surface area contributed by atoms with Gasteiger partial charge in [-0.2, -0.15) is 9.97 Å². The summed E-state index contributed by atoms with van der Waals surface area (Å²) in [7, 11) is 0. The molecule has 3 aromatic rings. The number of anilines is 3. The second-order valence-corrected chi connectivity index (χ2v) is 8.83. The number of pyridine rings is 1. The molecule has 2 aliphatic heterocycles. The summed E-state index contributed by atoms with van der Waals surface area (Å²) in [4.78, 5) is 26.0. The predicted octanol–water partition coefficient (Wildman–Crippen LogP) is 1.87. The van der Waals surface area contributed by atoms with Crippen LogP contribution in [-0.4, -0.2) is 95.0 Å². The molecule has 33 heavy (non-hydrogen) atoms. The SMILES string of the molecule is CC(C)n1cnc2c(NCCN3CCOCC3)nc(N3CCN(c4ccccn4)CC3)nc21. The Bertz CT molecular complexity index is 1040. The largest absolute Gasteiger partial charge is 0.379 e. The van der Waals surface area contributed by atoms with Gasteiger partial charge in [-0.05, 0) is 26.0 Å². The lowest BCUT2D eigenvalue weighted by atomic mass is 10.3. The molecular weight excluding hydrogens is 418 g/mol.